The smallest absolute Gasteiger partial charge is 0.244 e. The lowest BCUT2D eigenvalue weighted by Gasteiger charge is -2.23. The first kappa shape index (κ1) is 17.3. The summed E-state index contributed by atoms with van der Waals surface area (Å²) in [6.45, 7) is 5.02. The zero-order valence-corrected chi connectivity index (χ0v) is 15.4. The number of hydrogen-bond donors (Lipinski definition) is 0. The average Bonchev–Trinajstić information content (AvgIpc) is 3.07. The van der Waals surface area contributed by atoms with E-state index in [1.807, 2.05) is 38.1 Å². The van der Waals surface area contributed by atoms with Crippen LogP contribution in [0.5, 0.6) is 5.75 Å². The summed E-state index contributed by atoms with van der Waals surface area (Å²) in [5.41, 5.74) is 2.19. The maximum atomic E-state index is 13.0. The molecule has 1 atom stereocenters. The zero-order chi connectivity index (χ0) is 17.2. The Hall–Kier alpha value is -1.50. The summed E-state index contributed by atoms with van der Waals surface area (Å²) in [5, 5.41) is -0.165. The Kier molecular flexibility index (Phi) is 5.18. The molecule has 2 aromatic carbocycles. The van der Waals surface area contributed by atoms with Crippen LogP contribution < -0.4 is 4.74 Å². The zero-order valence-electron chi connectivity index (χ0n) is 13.8. The fourth-order valence-electron chi connectivity index (χ4n) is 2.70. The Morgan fingerprint density at radius 1 is 1.12 bits per heavy atom. The molecule has 6 heteroatoms. The van der Waals surface area contributed by atoms with Gasteiger partial charge >= 0.3 is 0 Å². The van der Waals surface area contributed by atoms with Gasteiger partial charge in [0.05, 0.1) is 16.9 Å². The van der Waals surface area contributed by atoms with Gasteiger partial charge in [-0.3, -0.25) is 0 Å². The highest BCUT2D eigenvalue weighted by molar-refractivity contribution is 8.01. The SMILES string of the molecule is CCOc1ccc(S(=O)(=O)N2CCSC2c2ccc(C)cc2)cc1. The largest absolute Gasteiger partial charge is 0.494 e. The highest BCUT2D eigenvalue weighted by Crippen LogP contribution is 2.41. The van der Waals surface area contributed by atoms with E-state index in [1.54, 1.807) is 40.3 Å². The van der Waals surface area contributed by atoms with Gasteiger partial charge in [0, 0.05) is 12.3 Å². The van der Waals surface area contributed by atoms with E-state index in [-0.39, 0.29) is 5.37 Å². The second kappa shape index (κ2) is 7.17. The fourth-order valence-corrected chi connectivity index (χ4v) is 5.95. The van der Waals surface area contributed by atoms with Gasteiger partial charge in [-0.05, 0) is 43.7 Å². The molecule has 1 aliphatic heterocycles. The van der Waals surface area contributed by atoms with Crippen molar-refractivity contribution < 1.29 is 13.2 Å². The van der Waals surface area contributed by atoms with Crippen LogP contribution in [0.25, 0.3) is 0 Å². The lowest BCUT2D eigenvalue weighted by atomic mass is 10.1. The van der Waals surface area contributed by atoms with Crippen molar-refractivity contribution in [1.29, 1.82) is 0 Å². The molecule has 1 fully saturated rings. The Balaban J connectivity index is 1.88. The molecule has 1 unspecified atom stereocenters. The third-order valence-electron chi connectivity index (χ3n) is 3.95. The molecule has 1 aliphatic rings. The molecule has 0 amide bonds. The fraction of sp³-hybridized carbons (Fsp3) is 0.333. The minimum absolute atomic E-state index is 0.165. The van der Waals surface area contributed by atoms with Gasteiger partial charge in [-0.1, -0.05) is 29.8 Å². The number of nitrogens with zero attached hydrogens (tertiary/aromatic N) is 1. The Labute approximate surface area is 147 Å². The Morgan fingerprint density at radius 3 is 2.42 bits per heavy atom. The van der Waals surface area contributed by atoms with Crippen molar-refractivity contribution in [3.63, 3.8) is 0 Å². The summed E-state index contributed by atoms with van der Waals surface area (Å²) in [5.74, 6) is 1.48. The van der Waals surface area contributed by atoms with E-state index in [0.29, 0.717) is 23.8 Å². The third-order valence-corrected chi connectivity index (χ3v) is 7.23. The second-order valence-electron chi connectivity index (χ2n) is 5.65. The summed E-state index contributed by atoms with van der Waals surface area (Å²) < 4.78 is 33.0. The normalized spacial score (nSPS) is 18.7. The molecule has 0 radical (unpaired) electrons. The van der Waals surface area contributed by atoms with Crippen LogP contribution in [0.2, 0.25) is 0 Å². The monoisotopic (exact) mass is 363 g/mol. The second-order valence-corrected chi connectivity index (χ2v) is 8.73. The van der Waals surface area contributed by atoms with Crippen LogP contribution in [0.4, 0.5) is 0 Å². The highest BCUT2D eigenvalue weighted by atomic mass is 32.2. The van der Waals surface area contributed by atoms with Gasteiger partial charge in [-0.15, -0.1) is 11.8 Å². The summed E-state index contributed by atoms with van der Waals surface area (Å²) >= 11 is 1.66. The van der Waals surface area contributed by atoms with E-state index >= 15 is 0 Å². The molecule has 0 aliphatic carbocycles. The molecule has 2 aromatic rings. The van der Waals surface area contributed by atoms with Crippen molar-refractivity contribution in [3.8, 4) is 5.75 Å². The van der Waals surface area contributed by atoms with Gasteiger partial charge in [0.15, 0.2) is 0 Å². The topological polar surface area (TPSA) is 46.6 Å². The summed E-state index contributed by atoms with van der Waals surface area (Å²) in [7, 11) is -3.52. The molecule has 0 N–H and O–H groups in total. The van der Waals surface area contributed by atoms with Gasteiger partial charge in [0.1, 0.15) is 5.75 Å². The maximum absolute atomic E-state index is 13.0. The molecule has 0 saturated carbocycles. The minimum atomic E-state index is -3.52. The van der Waals surface area contributed by atoms with Crippen molar-refractivity contribution >= 4 is 21.8 Å². The molecule has 0 spiro atoms. The number of thioether (sulfide) groups is 1. The lowest BCUT2D eigenvalue weighted by molar-refractivity contribution is 0.340. The predicted molar refractivity (Wildman–Crippen MR) is 97.9 cm³/mol. The standard InChI is InChI=1S/C18H21NO3S2/c1-3-22-16-8-10-17(11-9-16)24(20,21)19-12-13-23-18(19)15-6-4-14(2)5-7-15/h4-11,18H,3,12-13H2,1-2H3. The van der Waals surface area contributed by atoms with Crippen LogP contribution >= 0.6 is 11.8 Å². The molecular formula is C18H21NO3S2. The molecule has 1 heterocycles. The number of ether oxygens (including phenoxy) is 1. The van der Waals surface area contributed by atoms with Crippen LogP contribution in [-0.4, -0.2) is 31.6 Å². The van der Waals surface area contributed by atoms with Gasteiger partial charge in [-0.25, -0.2) is 8.42 Å². The summed E-state index contributed by atoms with van der Waals surface area (Å²) in [6.07, 6.45) is 0. The number of rotatable bonds is 5. The quantitative estimate of drug-likeness (QED) is 0.810. The van der Waals surface area contributed by atoms with Crippen LogP contribution in [0, 0.1) is 6.92 Å². The maximum Gasteiger partial charge on any atom is 0.244 e. The first-order valence-electron chi connectivity index (χ1n) is 7.95. The van der Waals surface area contributed by atoms with E-state index in [1.165, 1.54) is 5.56 Å². The number of benzene rings is 2. The van der Waals surface area contributed by atoms with Gasteiger partial charge in [0.25, 0.3) is 0 Å². The Morgan fingerprint density at radius 2 is 1.79 bits per heavy atom. The van der Waals surface area contributed by atoms with E-state index < -0.39 is 10.0 Å². The first-order chi connectivity index (χ1) is 11.5. The van der Waals surface area contributed by atoms with Gasteiger partial charge in [0.2, 0.25) is 10.0 Å². The average molecular weight is 364 g/mol. The van der Waals surface area contributed by atoms with Crippen molar-refractivity contribution in [1.82, 2.24) is 4.31 Å². The molecule has 24 heavy (non-hydrogen) atoms. The molecule has 0 aromatic heterocycles. The lowest BCUT2D eigenvalue weighted by Crippen LogP contribution is -2.30. The number of aryl methyl sites for hydroxylation is 1. The van der Waals surface area contributed by atoms with Gasteiger partial charge in [-0.2, -0.15) is 4.31 Å². The minimum Gasteiger partial charge on any atom is -0.494 e. The summed E-state index contributed by atoms with van der Waals surface area (Å²) in [4.78, 5) is 0.311. The van der Waals surface area contributed by atoms with Crippen LogP contribution in [0.1, 0.15) is 23.4 Å². The molecule has 0 bridgehead atoms. The van der Waals surface area contributed by atoms with Crippen LogP contribution in [0.15, 0.2) is 53.4 Å². The molecule has 4 nitrogen and oxygen atoms in total. The van der Waals surface area contributed by atoms with Crippen molar-refractivity contribution in [3.05, 3.63) is 59.7 Å². The molecular weight excluding hydrogens is 342 g/mol. The van der Waals surface area contributed by atoms with E-state index in [2.05, 4.69) is 0 Å². The van der Waals surface area contributed by atoms with Crippen molar-refractivity contribution in [2.45, 2.75) is 24.1 Å². The predicted octanol–water partition coefficient (Wildman–Crippen LogP) is 3.83. The highest BCUT2D eigenvalue weighted by Gasteiger charge is 2.36. The van der Waals surface area contributed by atoms with Crippen molar-refractivity contribution in [2.24, 2.45) is 0 Å². The molecule has 1 saturated heterocycles. The Bertz CT molecular complexity index is 786. The van der Waals surface area contributed by atoms with Gasteiger partial charge < -0.3 is 4.74 Å². The van der Waals surface area contributed by atoms with E-state index in [0.717, 1.165) is 11.3 Å². The van der Waals surface area contributed by atoms with Crippen LogP contribution in [-0.2, 0) is 10.0 Å². The summed E-state index contributed by atoms with van der Waals surface area (Å²) in [6, 6.07) is 14.7. The first-order valence-corrected chi connectivity index (χ1v) is 10.4. The van der Waals surface area contributed by atoms with Crippen molar-refractivity contribution in [2.75, 3.05) is 18.9 Å². The number of sulfonamides is 1. The molecule has 3 rings (SSSR count). The number of hydrogen-bond acceptors (Lipinski definition) is 4. The van der Waals surface area contributed by atoms with E-state index in [9.17, 15) is 8.42 Å². The van der Waals surface area contributed by atoms with Crippen LogP contribution in [0.3, 0.4) is 0 Å². The third kappa shape index (κ3) is 3.45. The molecule has 128 valence electrons. The van der Waals surface area contributed by atoms with E-state index in [4.69, 9.17) is 4.74 Å².